The van der Waals surface area contributed by atoms with Crippen LogP contribution in [0.3, 0.4) is 0 Å². The van der Waals surface area contributed by atoms with E-state index < -0.39 is 0 Å². The minimum atomic E-state index is -0.0727. The minimum absolute atomic E-state index is 0.0727. The molecule has 1 aliphatic rings. The summed E-state index contributed by atoms with van der Waals surface area (Å²) in [5, 5.41) is 14.2. The van der Waals surface area contributed by atoms with Crippen LogP contribution in [0, 0.1) is 0 Å². The van der Waals surface area contributed by atoms with Gasteiger partial charge in [0.1, 0.15) is 0 Å². The van der Waals surface area contributed by atoms with Crippen molar-refractivity contribution < 1.29 is 5.11 Å². The zero-order valence-electron chi connectivity index (χ0n) is 11.1. The highest BCUT2D eigenvalue weighted by molar-refractivity contribution is 6.37. The fourth-order valence-corrected chi connectivity index (χ4v) is 3.24. The van der Waals surface area contributed by atoms with Gasteiger partial charge < -0.3 is 10.4 Å². The van der Waals surface area contributed by atoms with Gasteiger partial charge in [-0.05, 0) is 48.6 Å². The van der Waals surface area contributed by atoms with E-state index in [2.05, 4.69) is 17.4 Å². The van der Waals surface area contributed by atoms with Crippen LogP contribution in [0.4, 0.5) is 5.69 Å². The summed E-state index contributed by atoms with van der Waals surface area (Å²) in [7, 11) is 0. The molecule has 1 aliphatic carbocycles. The SMILES string of the molecule is Oc1c(Cl)cc(NC2CC(c3ccc(Cl)cc3)C2)cc1Cl. The molecule has 0 atom stereocenters. The summed E-state index contributed by atoms with van der Waals surface area (Å²) in [4.78, 5) is 0. The molecule has 0 aromatic heterocycles. The molecule has 3 rings (SSSR count). The number of phenols is 1. The van der Waals surface area contributed by atoms with Gasteiger partial charge in [0.15, 0.2) is 5.75 Å². The molecule has 0 unspecified atom stereocenters. The molecule has 1 fully saturated rings. The summed E-state index contributed by atoms with van der Waals surface area (Å²) < 4.78 is 0. The van der Waals surface area contributed by atoms with E-state index in [1.54, 1.807) is 12.1 Å². The fourth-order valence-electron chi connectivity index (χ4n) is 2.63. The molecule has 0 aliphatic heterocycles. The number of halogens is 3. The van der Waals surface area contributed by atoms with Gasteiger partial charge in [-0.3, -0.25) is 0 Å². The Morgan fingerprint density at radius 1 is 0.952 bits per heavy atom. The topological polar surface area (TPSA) is 32.3 Å². The van der Waals surface area contributed by atoms with Gasteiger partial charge >= 0.3 is 0 Å². The molecule has 21 heavy (non-hydrogen) atoms. The van der Waals surface area contributed by atoms with Crippen LogP contribution in [0.2, 0.25) is 15.1 Å². The van der Waals surface area contributed by atoms with E-state index in [-0.39, 0.29) is 15.8 Å². The van der Waals surface area contributed by atoms with E-state index in [1.807, 2.05) is 12.1 Å². The van der Waals surface area contributed by atoms with E-state index in [1.165, 1.54) is 5.56 Å². The van der Waals surface area contributed by atoms with Crippen molar-refractivity contribution in [1.29, 1.82) is 0 Å². The number of anilines is 1. The van der Waals surface area contributed by atoms with Gasteiger partial charge in [0.2, 0.25) is 0 Å². The zero-order valence-corrected chi connectivity index (χ0v) is 13.4. The highest BCUT2D eigenvalue weighted by Gasteiger charge is 2.30. The van der Waals surface area contributed by atoms with Gasteiger partial charge in [-0.25, -0.2) is 0 Å². The van der Waals surface area contributed by atoms with Crippen molar-refractivity contribution in [1.82, 2.24) is 0 Å². The Kier molecular flexibility index (Phi) is 4.21. The predicted molar refractivity (Wildman–Crippen MR) is 89.0 cm³/mol. The average Bonchev–Trinajstić information content (AvgIpc) is 2.41. The maximum atomic E-state index is 9.55. The van der Waals surface area contributed by atoms with Crippen LogP contribution in [0.5, 0.6) is 5.75 Å². The Morgan fingerprint density at radius 3 is 2.10 bits per heavy atom. The number of benzene rings is 2. The van der Waals surface area contributed by atoms with Crippen molar-refractivity contribution in [3.63, 3.8) is 0 Å². The Morgan fingerprint density at radius 2 is 1.52 bits per heavy atom. The summed E-state index contributed by atoms with van der Waals surface area (Å²) in [6.07, 6.45) is 2.11. The number of phenolic OH excluding ortho intramolecular Hbond substituents is 1. The lowest BCUT2D eigenvalue weighted by Gasteiger charge is -2.37. The van der Waals surface area contributed by atoms with Crippen molar-refractivity contribution >= 4 is 40.5 Å². The lowest BCUT2D eigenvalue weighted by atomic mass is 9.76. The second-order valence-electron chi connectivity index (χ2n) is 5.35. The smallest absolute Gasteiger partial charge is 0.152 e. The van der Waals surface area contributed by atoms with Gasteiger partial charge in [0, 0.05) is 16.8 Å². The van der Waals surface area contributed by atoms with Crippen LogP contribution in [-0.4, -0.2) is 11.1 Å². The second kappa shape index (κ2) is 5.96. The van der Waals surface area contributed by atoms with E-state index in [0.29, 0.717) is 12.0 Å². The van der Waals surface area contributed by atoms with E-state index in [9.17, 15) is 5.11 Å². The summed E-state index contributed by atoms with van der Waals surface area (Å²) in [6.45, 7) is 0. The largest absolute Gasteiger partial charge is 0.505 e. The summed E-state index contributed by atoms with van der Waals surface area (Å²) in [5.41, 5.74) is 2.15. The summed E-state index contributed by atoms with van der Waals surface area (Å²) >= 11 is 17.7. The van der Waals surface area contributed by atoms with Crippen molar-refractivity contribution in [3.8, 4) is 5.75 Å². The molecule has 110 valence electrons. The van der Waals surface area contributed by atoms with Gasteiger partial charge in [0.05, 0.1) is 10.0 Å². The van der Waals surface area contributed by atoms with Crippen LogP contribution in [0.25, 0.3) is 0 Å². The van der Waals surface area contributed by atoms with Crippen molar-refractivity contribution in [2.75, 3.05) is 5.32 Å². The quantitative estimate of drug-likeness (QED) is 0.700. The van der Waals surface area contributed by atoms with Crippen molar-refractivity contribution in [2.24, 2.45) is 0 Å². The van der Waals surface area contributed by atoms with Crippen LogP contribution in [0.1, 0.15) is 24.3 Å². The lowest BCUT2D eigenvalue weighted by molar-refractivity contribution is 0.374. The standard InChI is InChI=1S/C16H14Cl3NO/c17-11-3-1-9(2-4-11)10-5-12(6-10)20-13-7-14(18)16(21)15(19)8-13/h1-4,7-8,10,12,20-21H,5-6H2. The molecule has 0 saturated heterocycles. The molecule has 0 heterocycles. The molecule has 2 aromatic rings. The number of nitrogens with one attached hydrogen (secondary N) is 1. The second-order valence-corrected chi connectivity index (χ2v) is 6.60. The molecule has 0 spiro atoms. The van der Waals surface area contributed by atoms with Crippen LogP contribution < -0.4 is 5.32 Å². The van der Waals surface area contributed by atoms with E-state index in [4.69, 9.17) is 34.8 Å². The molecule has 0 bridgehead atoms. The predicted octanol–water partition coefficient (Wildman–Crippen LogP) is 5.71. The molecule has 2 aromatic carbocycles. The molecule has 0 radical (unpaired) electrons. The zero-order chi connectivity index (χ0) is 15.0. The summed E-state index contributed by atoms with van der Waals surface area (Å²) in [5.74, 6) is 0.486. The summed E-state index contributed by atoms with van der Waals surface area (Å²) in [6, 6.07) is 11.8. The van der Waals surface area contributed by atoms with Crippen LogP contribution in [0.15, 0.2) is 36.4 Å². The highest BCUT2D eigenvalue weighted by Crippen LogP contribution is 2.40. The molecule has 2 N–H and O–H groups in total. The van der Waals surface area contributed by atoms with Gasteiger partial charge in [-0.2, -0.15) is 0 Å². The Labute approximate surface area is 138 Å². The van der Waals surface area contributed by atoms with Gasteiger partial charge in [-0.1, -0.05) is 46.9 Å². The first-order valence-corrected chi connectivity index (χ1v) is 7.86. The maximum Gasteiger partial charge on any atom is 0.152 e. The first kappa shape index (κ1) is 14.8. The Hall–Kier alpha value is -1.09. The molecule has 2 nitrogen and oxygen atoms in total. The van der Waals surface area contributed by atoms with E-state index >= 15 is 0 Å². The Balaban J connectivity index is 1.61. The number of hydrogen-bond acceptors (Lipinski definition) is 2. The normalized spacial score (nSPS) is 20.9. The van der Waals surface area contributed by atoms with Gasteiger partial charge in [-0.15, -0.1) is 0 Å². The van der Waals surface area contributed by atoms with Crippen LogP contribution in [-0.2, 0) is 0 Å². The molecule has 1 saturated carbocycles. The third kappa shape index (κ3) is 3.23. The molecule has 0 amide bonds. The van der Waals surface area contributed by atoms with Crippen molar-refractivity contribution in [3.05, 3.63) is 57.0 Å². The van der Waals surface area contributed by atoms with Crippen molar-refractivity contribution in [2.45, 2.75) is 24.8 Å². The first-order chi connectivity index (χ1) is 10.0. The number of aromatic hydroxyl groups is 1. The minimum Gasteiger partial charge on any atom is -0.505 e. The molecular formula is C16H14Cl3NO. The monoisotopic (exact) mass is 341 g/mol. The van der Waals surface area contributed by atoms with Crippen LogP contribution >= 0.6 is 34.8 Å². The average molecular weight is 343 g/mol. The highest BCUT2D eigenvalue weighted by atomic mass is 35.5. The molecular weight excluding hydrogens is 329 g/mol. The first-order valence-electron chi connectivity index (χ1n) is 6.73. The lowest BCUT2D eigenvalue weighted by Crippen LogP contribution is -2.33. The molecule has 5 heteroatoms. The maximum absolute atomic E-state index is 9.55. The van der Waals surface area contributed by atoms with Gasteiger partial charge in [0.25, 0.3) is 0 Å². The fraction of sp³-hybridized carbons (Fsp3) is 0.250. The van der Waals surface area contributed by atoms with E-state index in [0.717, 1.165) is 23.6 Å². The Bertz CT molecular complexity index is 628. The third-order valence-corrected chi connectivity index (χ3v) is 4.70. The number of hydrogen-bond donors (Lipinski definition) is 2. The third-order valence-electron chi connectivity index (χ3n) is 3.87. The number of rotatable bonds is 3.